The minimum atomic E-state index is 0. The summed E-state index contributed by atoms with van der Waals surface area (Å²) >= 11 is 0. The van der Waals surface area contributed by atoms with E-state index in [1.165, 1.54) is 12.0 Å². The molecule has 2 rings (SSSR count). The van der Waals surface area contributed by atoms with E-state index in [0.29, 0.717) is 6.04 Å². The fourth-order valence-electron chi connectivity index (χ4n) is 2.25. The molecular formula is C16H26IN3O2. The first-order valence-electron chi connectivity index (χ1n) is 7.36. The molecule has 0 amide bonds. The molecule has 0 aromatic heterocycles. The van der Waals surface area contributed by atoms with Crippen molar-refractivity contribution in [1.29, 1.82) is 0 Å². The molecule has 1 aromatic rings. The molecule has 0 saturated heterocycles. The first-order chi connectivity index (χ1) is 10.2. The Balaban J connectivity index is 0.00000242. The van der Waals surface area contributed by atoms with Gasteiger partial charge in [0.15, 0.2) is 17.5 Å². The van der Waals surface area contributed by atoms with Crippen molar-refractivity contribution in [1.82, 2.24) is 10.6 Å². The second-order valence-electron chi connectivity index (χ2n) is 5.40. The average molecular weight is 419 g/mol. The van der Waals surface area contributed by atoms with E-state index in [2.05, 4.69) is 28.6 Å². The molecule has 1 fully saturated rings. The summed E-state index contributed by atoms with van der Waals surface area (Å²) in [5, 5.41) is 6.75. The quantitative estimate of drug-likeness (QED) is 0.423. The Bertz CT molecular complexity index is 508. The fraction of sp³-hybridized carbons (Fsp3) is 0.562. The van der Waals surface area contributed by atoms with Crippen molar-refractivity contribution in [3.8, 4) is 11.5 Å². The van der Waals surface area contributed by atoms with Crippen molar-refractivity contribution in [3.05, 3.63) is 23.8 Å². The highest BCUT2D eigenvalue weighted by Crippen LogP contribution is 2.29. The molecule has 2 unspecified atom stereocenters. The van der Waals surface area contributed by atoms with Crippen LogP contribution in [-0.4, -0.2) is 39.8 Å². The summed E-state index contributed by atoms with van der Waals surface area (Å²) < 4.78 is 10.6. The van der Waals surface area contributed by atoms with Gasteiger partial charge in [-0.15, -0.1) is 24.0 Å². The molecular weight excluding hydrogens is 393 g/mol. The van der Waals surface area contributed by atoms with E-state index in [9.17, 15) is 0 Å². The fourth-order valence-corrected chi connectivity index (χ4v) is 2.25. The molecule has 0 spiro atoms. The van der Waals surface area contributed by atoms with Crippen LogP contribution in [0, 0.1) is 5.92 Å². The number of nitrogens with one attached hydrogen (secondary N) is 2. The second-order valence-corrected chi connectivity index (χ2v) is 5.40. The molecule has 5 nitrogen and oxygen atoms in total. The molecule has 0 bridgehead atoms. The van der Waals surface area contributed by atoms with Gasteiger partial charge >= 0.3 is 0 Å². The van der Waals surface area contributed by atoms with Gasteiger partial charge in [-0.2, -0.15) is 0 Å². The number of benzene rings is 1. The summed E-state index contributed by atoms with van der Waals surface area (Å²) in [5.41, 5.74) is 1.20. The van der Waals surface area contributed by atoms with E-state index in [1.54, 1.807) is 21.3 Å². The molecule has 22 heavy (non-hydrogen) atoms. The molecule has 124 valence electrons. The van der Waals surface area contributed by atoms with Crippen LogP contribution in [0.15, 0.2) is 23.2 Å². The number of hydrogen-bond acceptors (Lipinski definition) is 3. The van der Waals surface area contributed by atoms with Gasteiger partial charge in [-0.05, 0) is 36.5 Å². The summed E-state index contributed by atoms with van der Waals surface area (Å²) in [4.78, 5) is 4.24. The van der Waals surface area contributed by atoms with Gasteiger partial charge in [-0.1, -0.05) is 13.0 Å². The normalized spacial score (nSPS) is 19.9. The number of hydrogen-bond donors (Lipinski definition) is 2. The van der Waals surface area contributed by atoms with Crippen LogP contribution in [0.3, 0.4) is 0 Å². The Kier molecular flexibility index (Phi) is 7.78. The summed E-state index contributed by atoms with van der Waals surface area (Å²) in [5.74, 6) is 3.16. The predicted octanol–water partition coefficient (Wildman–Crippen LogP) is 2.44. The Hall–Kier alpha value is -1.18. The summed E-state index contributed by atoms with van der Waals surface area (Å²) in [6.45, 7) is 3.07. The first-order valence-corrected chi connectivity index (χ1v) is 7.36. The number of aliphatic imine (C=N–C) groups is 1. The van der Waals surface area contributed by atoms with E-state index in [1.807, 2.05) is 12.1 Å². The third kappa shape index (κ3) is 5.23. The van der Waals surface area contributed by atoms with Crippen LogP contribution in [0.1, 0.15) is 18.9 Å². The van der Waals surface area contributed by atoms with Crippen molar-refractivity contribution in [2.45, 2.75) is 25.8 Å². The van der Waals surface area contributed by atoms with Crippen molar-refractivity contribution < 1.29 is 9.47 Å². The van der Waals surface area contributed by atoms with Gasteiger partial charge in [0.1, 0.15) is 0 Å². The van der Waals surface area contributed by atoms with Crippen LogP contribution in [0.5, 0.6) is 11.5 Å². The van der Waals surface area contributed by atoms with Gasteiger partial charge < -0.3 is 20.1 Å². The van der Waals surface area contributed by atoms with Crippen LogP contribution >= 0.6 is 24.0 Å². The maximum absolute atomic E-state index is 5.32. The van der Waals surface area contributed by atoms with E-state index in [4.69, 9.17) is 9.47 Å². The molecule has 1 saturated carbocycles. The zero-order valence-electron chi connectivity index (χ0n) is 13.7. The summed E-state index contributed by atoms with van der Waals surface area (Å²) in [6.07, 6.45) is 2.14. The molecule has 0 radical (unpaired) electrons. The molecule has 1 aliphatic carbocycles. The molecule has 6 heteroatoms. The topological polar surface area (TPSA) is 54.9 Å². The molecule has 0 heterocycles. The molecule has 2 atom stereocenters. The summed E-state index contributed by atoms with van der Waals surface area (Å²) in [6, 6.07) is 6.59. The number of methoxy groups -OCH3 is 2. The maximum atomic E-state index is 5.32. The third-order valence-electron chi connectivity index (χ3n) is 3.81. The third-order valence-corrected chi connectivity index (χ3v) is 3.81. The standard InChI is InChI=1S/C16H25N3O2.HI/c1-11-9-13(11)19-16(17-2)18-8-7-12-5-6-14(20-3)15(10-12)21-4;/h5-6,10-11,13H,7-9H2,1-4H3,(H2,17,18,19);1H. The van der Waals surface area contributed by atoms with Crippen molar-refractivity contribution >= 4 is 29.9 Å². The zero-order valence-corrected chi connectivity index (χ0v) is 16.0. The largest absolute Gasteiger partial charge is 0.493 e. The van der Waals surface area contributed by atoms with E-state index >= 15 is 0 Å². The zero-order chi connectivity index (χ0) is 15.2. The number of guanidine groups is 1. The minimum absolute atomic E-state index is 0. The SMILES string of the molecule is CN=C(NCCc1ccc(OC)c(OC)c1)NC1CC1C.I. The lowest BCUT2D eigenvalue weighted by Crippen LogP contribution is -2.39. The minimum Gasteiger partial charge on any atom is -0.493 e. The van der Waals surface area contributed by atoms with Gasteiger partial charge in [0.25, 0.3) is 0 Å². The summed E-state index contributed by atoms with van der Waals surface area (Å²) in [7, 11) is 5.11. The number of rotatable bonds is 6. The predicted molar refractivity (Wildman–Crippen MR) is 101 cm³/mol. The lowest BCUT2D eigenvalue weighted by molar-refractivity contribution is 0.354. The lowest BCUT2D eigenvalue weighted by atomic mass is 10.1. The first kappa shape index (κ1) is 18.9. The Morgan fingerprint density at radius 1 is 1.27 bits per heavy atom. The van der Waals surface area contributed by atoms with E-state index < -0.39 is 0 Å². The van der Waals surface area contributed by atoms with Crippen LogP contribution in [0.2, 0.25) is 0 Å². The van der Waals surface area contributed by atoms with Gasteiger partial charge in [0.2, 0.25) is 0 Å². The van der Waals surface area contributed by atoms with E-state index in [-0.39, 0.29) is 24.0 Å². The second kappa shape index (κ2) is 9.07. The van der Waals surface area contributed by atoms with Crippen molar-refractivity contribution in [2.75, 3.05) is 27.8 Å². The monoisotopic (exact) mass is 419 g/mol. The van der Waals surface area contributed by atoms with Gasteiger partial charge in [0, 0.05) is 19.6 Å². The number of nitrogens with zero attached hydrogens (tertiary/aromatic N) is 1. The van der Waals surface area contributed by atoms with Crippen LogP contribution in [-0.2, 0) is 6.42 Å². The van der Waals surface area contributed by atoms with Crippen LogP contribution in [0.4, 0.5) is 0 Å². The highest BCUT2D eigenvalue weighted by molar-refractivity contribution is 14.0. The van der Waals surface area contributed by atoms with Gasteiger partial charge in [0.05, 0.1) is 14.2 Å². The number of ether oxygens (including phenoxy) is 2. The highest BCUT2D eigenvalue weighted by Gasteiger charge is 2.33. The molecule has 0 aliphatic heterocycles. The van der Waals surface area contributed by atoms with Crippen molar-refractivity contribution in [3.63, 3.8) is 0 Å². The maximum Gasteiger partial charge on any atom is 0.191 e. The van der Waals surface area contributed by atoms with Crippen LogP contribution in [0.25, 0.3) is 0 Å². The van der Waals surface area contributed by atoms with E-state index in [0.717, 1.165) is 36.3 Å². The molecule has 1 aromatic carbocycles. The average Bonchev–Trinajstić information content (AvgIpc) is 3.21. The Morgan fingerprint density at radius 2 is 1.95 bits per heavy atom. The van der Waals surface area contributed by atoms with Gasteiger partial charge in [-0.25, -0.2) is 0 Å². The molecule has 2 N–H and O–H groups in total. The van der Waals surface area contributed by atoms with Gasteiger partial charge in [-0.3, -0.25) is 4.99 Å². The Labute approximate surface area is 149 Å². The highest BCUT2D eigenvalue weighted by atomic mass is 127. The smallest absolute Gasteiger partial charge is 0.191 e. The van der Waals surface area contributed by atoms with Crippen LogP contribution < -0.4 is 20.1 Å². The number of halogens is 1. The van der Waals surface area contributed by atoms with Crippen molar-refractivity contribution in [2.24, 2.45) is 10.9 Å². The lowest BCUT2D eigenvalue weighted by Gasteiger charge is -2.12. The molecule has 1 aliphatic rings. The Morgan fingerprint density at radius 3 is 2.50 bits per heavy atom.